The fourth-order valence-corrected chi connectivity index (χ4v) is 3.49. The summed E-state index contributed by atoms with van der Waals surface area (Å²) in [6.45, 7) is 5.80. The molecule has 0 saturated carbocycles. The molecule has 0 saturated heterocycles. The van der Waals surface area contributed by atoms with Crippen LogP contribution in [-0.2, 0) is 23.7 Å². The SMILES string of the molecule is C=CCOC(=O)C1=C[C@@H](c2cn(C(C)=O)c3ccccc23)C[C@@H](OCCOCCO)O1. The monoisotopic (exact) mass is 429 g/mol. The number of hydrogen-bond acceptors (Lipinski definition) is 7. The molecule has 0 aliphatic carbocycles. The molecular formula is C23H27NO7. The van der Waals surface area contributed by atoms with Gasteiger partial charge in [-0.05, 0) is 17.7 Å². The van der Waals surface area contributed by atoms with E-state index in [2.05, 4.69) is 6.58 Å². The Hall–Kier alpha value is -2.94. The molecule has 31 heavy (non-hydrogen) atoms. The Balaban J connectivity index is 1.88. The van der Waals surface area contributed by atoms with Crippen LogP contribution < -0.4 is 0 Å². The number of allylic oxidation sites excluding steroid dienone is 1. The quantitative estimate of drug-likeness (QED) is 0.352. The predicted molar refractivity (Wildman–Crippen MR) is 114 cm³/mol. The largest absolute Gasteiger partial charge is 0.458 e. The van der Waals surface area contributed by atoms with Gasteiger partial charge in [-0.2, -0.15) is 0 Å². The number of esters is 1. The Morgan fingerprint density at radius 2 is 2.10 bits per heavy atom. The smallest absolute Gasteiger partial charge is 0.373 e. The van der Waals surface area contributed by atoms with E-state index in [0.29, 0.717) is 6.42 Å². The second-order valence-corrected chi connectivity index (χ2v) is 7.01. The van der Waals surface area contributed by atoms with Gasteiger partial charge in [-0.3, -0.25) is 9.36 Å². The molecule has 8 heteroatoms. The molecule has 2 atom stereocenters. The molecule has 8 nitrogen and oxygen atoms in total. The summed E-state index contributed by atoms with van der Waals surface area (Å²) in [6, 6.07) is 7.61. The van der Waals surface area contributed by atoms with Gasteiger partial charge in [0.15, 0.2) is 0 Å². The molecule has 0 unspecified atom stereocenters. The van der Waals surface area contributed by atoms with Crippen LogP contribution in [0.2, 0.25) is 0 Å². The maximum Gasteiger partial charge on any atom is 0.373 e. The topological polar surface area (TPSA) is 96.2 Å². The van der Waals surface area contributed by atoms with Gasteiger partial charge in [0, 0.05) is 30.8 Å². The third kappa shape index (κ3) is 5.61. The maximum atomic E-state index is 12.4. The number of fused-ring (bicyclic) bond motifs is 1. The highest BCUT2D eigenvalue weighted by atomic mass is 16.7. The summed E-state index contributed by atoms with van der Waals surface area (Å²) in [7, 11) is 0. The maximum absolute atomic E-state index is 12.4. The predicted octanol–water partition coefficient (Wildman–Crippen LogP) is 2.77. The Morgan fingerprint density at radius 3 is 2.84 bits per heavy atom. The Morgan fingerprint density at radius 1 is 1.29 bits per heavy atom. The van der Waals surface area contributed by atoms with Crippen LogP contribution in [-0.4, -0.2) is 60.9 Å². The molecule has 1 N–H and O–H groups in total. The number of carbonyl (C=O) groups is 2. The lowest BCUT2D eigenvalue weighted by Gasteiger charge is -2.28. The number of rotatable bonds is 10. The first-order chi connectivity index (χ1) is 15.0. The zero-order chi connectivity index (χ0) is 22.2. The summed E-state index contributed by atoms with van der Waals surface area (Å²) >= 11 is 0. The fourth-order valence-electron chi connectivity index (χ4n) is 3.49. The lowest BCUT2D eigenvalue weighted by Crippen LogP contribution is -2.29. The average molecular weight is 429 g/mol. The van der Waals surface area contributed by atoms with Crippen LogP contribution in [0.15, 0.2) is 55.0 Å². The molecule has 3 rings (SSSR count). The van der Waals surface area contributed by atoms with Gasteiger partial charge >= 0.3 is 5.97 Å². The van der Waals surface area contributed by atoms with Crippen molar-refractivity contribution in [3.63, 3.8) is 0 Å². The van der Waals surface area contributed by atoms with Gasteiger partial charge in [0.25, 0.3) is 0 Å². The van der Waals surface area contributed by atoms with Gasteiger partial charge in [0.2, 0.25) is 18.0 Å². The third-order valence-corrected chi connectivity index (χ3v) is 4.84. The van der Waals surface area contributed by atoms with E-state index in [1.54, 1.807) is 16.8 Å². The van der Waals surface area contributed by atoms with Gasteiger partial charge in [-0.15, -0.1) is 0 Å². The third-order valence-electron chi connectivity index (χ3n) is 4.84. The minimum Gasteiger partial charge on any atom is -0.458 e. The van der Waals surface area contributed by atoms with Crippen LogP contribution in [0.1, 0.15) is 29.6 Å². The molecule has 2 aromatic rings. The zero-order valence-electron chi connectivity index (χ0n) is 17.5. The van der Waals surface area contributed by atoms with Gasteiger partial charge in [-0.1, -0.05) is 30.9 Å². The van der Waals surface area contributed by atoms with Crippen molar-refractivity contribution in [2.24, 2.45) is 0 Å². The summed E-state index contributed by atoms with van der Waals surface area (Å²) in [5.74, 6) is -0.879. The normalized spacial score (nSPS) is 18.3. The average Bonchev–Trinajstić information content (AvgIpc) is 3.17. The van der Waals surface area contributed by atoms with Crippen LogP contribution in [0.3, 0.4) is 0 Å². The number of carbonyl (C=O) groups excluding carboxylic acids is 2. The highest BCUT2D eigenvalue weighted by Gasteiger charge is 2.31. The molecule has 0 radical (unpaired) electrons. The molecule has 1 aromatic carbocycles. The second-order valence-electron chi connectivity index (χ2n) is 7.01. The van der Waals surface area contributed by atoms with E-state index >= 15 is 0 Å². The molecule has 1 aliphatic rings. The number of aromatic nitrogens is 1. The van der Waals surface area contributed by atoms with Crippen molar-refractivity contribution in [2.45, 2.75) is 25.6 Å². The van der Waals surface area contributed by atoms with Crippen LogP contribution >= 0.6 is 0 Å². The van der Waals surface area contributed by atoms with Crippen molar-refractivity contribution in [1.29, 1.82) is 0 Å². The standard InChI is InChI=1S/C23H27NO7/c1-3-9-30-23(27)21-13-17(14-22(31-21)29-12-11-28-10-8-25)19-15-24(16(2)26)20-7-5-4-6-18(19)20/h3-7,13,15,17,22,25H,1,8-12,14H2,2H3/t17-,22+/m1/s1. The molecule has 1 aliphatic heterocycles. The first-order valence-corrected chi connectivity index (χ1v) is 10.1. The Bertz CT molecular complexity index is 962. The number of aliphatic hydroxyl groups excluding tert-OH is 1. The van der Waals surface area contributed by atoms with Gasteiger partial charge in [0.05, 0.1) is 31.9 Å². The first-order valence-electron chi connectivity index (χ1n) is 10.1. The fraction of sp³-hybridized carbons (Fsp3) is 0.391. The van der Waals surface area contributed by atoms with E-state index in [4.69, 9.17) is 24.1 Å². The summed E-state index contributed by atoms with van der Waals surface area (Å²) in [5.41, 5.74) is 1.70. The highest BCUT2D eigenvalue weighted by Crippen LogP contribution is 2.36. The van der Waals surface area contributed by atoms with E-state index in [-0.39, 0.29) is 50.6 Å². The van der Waals surface area contributed by atoms with Crippen molar-refractivity contribution in [2.75, 3.05) is 33.0 Å². The number of nitrogens with zero attached hydrogens (tertiary/aromatic N) is 1. The number of benzene rings is 1. The number of para-hydroxylation sites is 1. The van der Waals surface area contributed by atoms with E-state index in [1.807, 2.05) is 24.3 Å². The summed E-state index contributed by atoms with van der Waals surface area (Å²) < 4.78 is 23.4. The van der Waals surface area contributed by atoms with E-state index in [0.717, 1.165) is 16.5 Å². The minimum atomic E-state index is -0.696. The number of hydrogen-bond donors (Lipinski definition) is 1. The van der Waals surface area contributed by atoms with Crippen molar-refractivity contribution < 1.29 is 33.6 Å². The number of ether oxygens (including phenoxy) is 4. The Kier molecular flexibility index (Phi) is 8.00. The van der Waals surface area contributed by atoms with Gasteiger partial charge in [0.1, 0.15) is 6.61 Å². The lowest BCUT2D eigenvalue weighted by atomic mass is 9.92. The van der Waals surface area contributed by atoms with Crippen LogP contribution in [0, 0.1) is 0 Å². The molecule has 0 bridgehead atoms. The van der Waals surface area contributed by atoms with Crippen molar-refractivity contribution in [1.82, 2.24) is 4.57 Å². The lowest BCUT2D eigenvalue weighted by molar-refractivity contribution is -0.163. The van der Waals surface area contributed by atoms with Crippen molar-refractivity contribution in [3.05, 3.63) is 60.5 Å². The summed E-state index contributed by atoms with van der Waals surface area (Å²) in [6.07, 6.45) is 4.74. The van der Waals surface area contributed by atoms with E-state index in [9.17, 15) is 9.59 Å². The van der Waals surface area contributed by atoms with Crippen molar-refractivity contribution in [3.8, 4) is 0 Å². The second kappa shape index (κ2) is 10.9. The van der Waals surface area contributed by atoms with Crippen LogP contribution in [0.5, 0.6) is 0 Å². The van der Waals surface area contributed by atoms with Gasteiger partial charge < -0.3 is 24.1 Å². The molecule has 0 amide bonds. The minimum absolute atomic E-state index is 0.0547. The molecule has 2 heterocycles. The van der Waals surface area contributed by atoms with Gasteiger partial charge in [-0.25, -0.2) is 4.79 Å². The Labute approximate surface area is 180 Å². The summed E-state index contributed by atoms with van der Waals surface area (Å²) in [4.78, 5) is 24.6. The summed E-state index contributed by atoms with van der Waals surface area (Å²) in [5, 5.41) is 9.71. The molecule has 0 spiro atoms. The van der Waals surface area contributed by atoms with Crippen LogP contribution in [0.25, 0.3) is 10.9 Å². The van der Waals surface area contributed by atoms with Crippen molar-refractivity contribution >= 4 is 22.8 Å². The zero-order valence-corrected chi connectivity index (χ0v) is 17.5. The van der Waals surface area contributed by atoms with E-state index in [1.165, 1.54) is 13.0 Å². The first kappa shape index (κ1) is 22.7. The highest BCUT2D eigenvalue weighted by molar-refractivity contribution is 5.94. The van der Waals surface area contributed by atoms with E-state index < -0.39 is 12.3 Å². The number of aliphatic hydroxyl groups is 1. The molecule has 166 valence electrons. The molecule has 0 fully saturated rings. The molecular weight excluding hydrogens is 402 g/mol. The molecule has 1 aromatic heterocycles. The van der Waals surface area contributed by atoms with Crippen LogP contribution in [0.4, 0.5) is 0 Å².